The third kappa shape index (κ3) is 2.44. The fourth-order valence-electron chi connectivity index (χ4n) is 1.06. The van der Waals surface area contributed by atoms with E-state index in [1.165, 1.54) is 5.56 Å². The molecule has 0 saturated carbocycles. The van der Waals surface area contributed by atoms with Crippen LogP contribution in [0.15, 0.2) is 30.3 Å². The molecule has 12 heavy (non-hydrogen) atoms. The monoisotopic (exact) mass is 196 g/mol. The summed E-state index contributed by atoms with van der Waals surface area (Å²) in [7, 11) is 0. The molecule has 0 fully saturated rings. The molecule has 1 aliphatic rings. The van der Waals surface area contributed by atoms with E-state index in [-0.39, 0.29) is 37.4 Å². The summed E-state index contributed by atoms with van der Waals surface area (Å²) in [6.07, 6.45) is 4.10. The van der Waals surface area contributed by atoms with Gasteiger partial charge in [-0.3, -0.25) is 0 Å². The first-order chi connectivity index (χ1) is 4.97. The van der Waals surface area contributed by atoms with Gasteiger partial charge in [-0.25, -0.2) is 0 Å². The van der Waals surface area contributed by atoms with E-state index in [0.29, 0.717) is 6.61 Å². The molecule has 0 aromatic heterocycles. The van der Waals surface area contributed by atoms with Gasteiger partial charge in [-0.2, -0.15) is 0 Å². The van der Waals surface area contributed by atoms with Crippen LogP contribution in [0.25, 0.3) is 6.08 Å². The average Bonchev–Trinajstić information content (AvgIpc) is 2.05. The van der Waals surface area contributed by atoms with Crippen LogP contribution in [0.4, 0.5) is 0 Å². The van der Waals surface area contributed by atoms with Crippen molar-refractivity contribution in [2.24, 2.45) is 0 Å². The predicted octanol–water partition coefficient (Wildman–Crippen LogP) is -0.794. The first-order valence-corrected chi connectivity index (χ1v) is 3.35. The van der Waals surface area contributed by atoms with Crippen LogP contribution in [0.2, 0.25) is 0 Å². The van der Waals surface area contributed by atoms with E-state index < -0.39 is 0 Å². The second kappa shape index (κ2) is 5.51. The van der Waals surface area contributed by atoms with Gasteiger partial charge in [0.2, 0.25) is 0 Å². The van der Waals surface area contributed by atoms with E-state index in [1.807, 2.05) is 30.3 Å². The van der Waals surface area contributed by atoms with Crippen molar-refractivity contribution < 1.29 is 42.1 Å². The Kier molecular flexibility index (Phi) is 5.45. The van der Waals surface area contributed by atoms with Gasteiger partial charge < -0.3 is 6.16 Å². The molecule has 0 bridgehead atoms. The Morgan fingerprint density at radius 2 is 2.00 bits per heavy atom. The van der Waals surface area contributed by atoms with E-state index in [1.54, 1.807) is 0 Å². The third-order valence-corrected chi connectivity index (χ3v) is 1.55. The number of fused-ring (bicyclic) bond motifs is 1. The third-order valence-electron chi connectivity index (χ3n) is 1.55. The molecule has 0 N–H and O–H groups in total. The molecular formula is C9H9FeLiO. The van der Waals surface area contributed by atoms with Gasteiger partial charge in [-0.1, -0.05) is 24.3 Å². The SMILES string of the molecule is C1=Cc2ccccc2OC1.[Fe].[H-].[Li+]. The maximum absolute atomic E-state index is 5.34. The zero-order valence-electron chi connectivity index (χ0n) is 7.93. The first-order valence-electron chi connectivity index (χ1n) is 3.35. The summed E-state index contributed by atoms with van der Waals surface area (Å²) in [5, 5.41) is 0. The average molecular weight is 196 g/mol. The second-order valence-corrected chi connectivity index (χ2v) is 2.25. The van der Waals surface area contributed by atoms with E-state index in [2.05, 4.69) is 6.08 Å². The molecule has 1 aromatic carbocycles. The Hall–Kier alpha value is -0.123. The van der Waals surface area contributed by atoms with Crippen LogP contribution >= 0.6 is 0 Å². The fraction of sp³-hybridized carbons (Fsp3) is 0.111. The van der Waals surface area contributed by atoms with Crippen molar-refractivity contribution in [2.75, 3.05) is 6.61 Å². The zero-order chi connectivity index (χ0) is 6.81. The van der Waals surface area contributed by atoms with Crippen molar-refractivity contribution >= 4 is 6.08 Å². The summed E-state index contributed by atoms with van der Waals surface area (Å²) in [6.45, 7) is 0.705. The Bertz CT molecular complexity index is 278. The van der Waals surface area contributed by atoms with Crippen molar-refractivity contribution in [1.82, 2.24) is 0 Å². The molecule has 0 amide bonds. The van der Waals surface area contributed by atoms with Crippen LogP contribution in [-0.4, -0.2) is 6.61 Å². The summed E-state index contributed by atoms with van der Waals surface area (Å²) in [5.41, 5.74) is 1.17. The van der Waals surface area contributed by atoms with Gasteiger partial charge in [0.15, 0.2) is 0 Å². The molecule has 1 nitrogen and oxygen atoms in total. The van der Waals surface area contributed by atoms with Gasteiger partial charge in [0.05, 0.1) is 0 Å². The quantitative estimate of drug-likeness (QED) is 0.494. The van der Waals surface area contributed by atoms with Crippen molar-refractivity contribution in [3.63, 3.8) is 0 Å². The Balaban J connectivity index is 0. The second-order valence-electron chi connectivity index (χ2n) is 2.25. The number of para-hydroxylation sites is 1. The molecule has 0 unspecified atom stereocenters. The molecule has 0 radical (unpaired) electrons. The Morgan fingerprint density at radius 3 is 2.75 bits per heavy atom. The van der Waals surface area contributed by atoms with Gasteiger partial charge in [-0.05, 0) is 12.1 Å². The Morgan fingerprint density at radius 1 is 1.25 bits per heavy atom. The van der Waals surface area contributed by atoms with Crippen molar-refractivity contribution in [2.45, 2.75) is 0 Å². The van der Waals surface area contributed by atoms with Crippen molar-refractivity contribution in [1.29, 1.82) is 0 Å². The number of rotatable bonds is 0. The standard InChI is InChI=1S/C9H8O.Fe.Li.H/c1-2-6-9-8(4-1)5-3-7-10-9;;;/h1-6H,7H2;;;/q;;+1;-1. The van der Waals surface area contributed by atoms with Crippen LogP contribution in [-0.2, 0) is 17.1 Å². The normalized spacial score (nSPS) is 11.7. The van der Waals surface area contributed by atoms with Crippen LogP contribution in [0, 0.1) is 0 Å². The van der Waals surface area contributed by atoms with Gasteiger partial charge in [0.25, 0.3) is 0 Å². The van der Waals surface area contributed by atoms with Crippen LogP contribution < -0.4 is 23.6 Å². The number of ether oxygens (including phenoxy) is 1. The number of hydrogen-bond donors (Lipinski definition) is 0. The molecule has 0 atom stereocenters. The maximum Gasteiger partial charge on any atom is 1.00 e. The van der Waals surface area contributed by atoms with Gasteiger partial charge in [-0.15, -0.1) is 0 Å². The van der Waals surface area contributed by atoms with Crippen LogP contribution in [0.1, 0.15) is 6.99 Å². The molecular weight excluding hydrogens is 187 g/mol. The summed E-state index contributed by atoms with van der Waals surface area (Å²) in [4.78, 5) is 0. The number of benzene rings is 1. The molecule has 0 aliphatic carbocycles. The van der Waals surface area contributed by atoms with Crippen LogP contribution in [0.5, 0.6) is 5.75 Å². The predicted molar refractivity (Wildman–Crippen MR) is 42.1 cm³/mol. The zero-order valence-corrected chi connectivity index (χ0v) is 8.04. The smallest absolute Gasteiger partial charge is 1.00 e. The van der Waals surface area contributed by atoms with Crippen LogP contribution in [0.3, 0.4) is 0 Å². The van der Waals surface area contributed by atoms with E-state index in [4.69, 9.17) is 4.74 Å². The van der Waals surface area contributed by atoms with Gasteiger partial charge in [0.1, 0.15) is 12.4 Å². The molecule has 2 rings (SSSR count). The number of hydrogen-bond acceptors (Lipinski definition) is 1. The maximum atomic E-state index is 5.34. The molecule has 1 aliphatic heterocycles. The minimum absolute atomic E-state index is 0. The summed E-state index contributed by atoms with van der Waals surface area (Å²) in [5.74, 6) is 0.991. The van der Waals surface area contributed by atoms with Crippen molar-refractivity contribution in [3.05, 3.63) is 35.9 Å². The summed E-state index contributed by atoms with van der Waals surface area (Å²) in [6, 6.07) is 8.03. The minimum Gasteiger partial charge on any atom is -1.00 e. The van der Waals surface area contributed by atoms with E-state index in [0.717, 1.165) is 5.75 Å². The minimum atomic E-state index is 0. The molecule has 3 heteroatoms. The molecule has 1 heterocycles. The largest absolute Gasteiger partial charge is 1.00 e. The van der Waals surface area contributed by atoms with Gasteiger partial charge in [0, 0.05) is 22.6 Å². The van der Waals surface area contributed by atoms with Gasteiger partial charge >= 0.3 is 18.9 Å². The first kappa shape index (κ1) is 11.9. The summed E-state index contributed by atoms with van der Waals surface area (Å²) >= 11 is 0. The molecule has 0 spiro atoms. The molecule has 0 saturated heterocycles. The molecule has 60 valence electrons. The Labute approximate surface area is 96.3 Å². The topological polar surface area (TPSA) is 9.23 Å². The van der Waals surface area contributed by atoms with E-state index >= 15 is 0 Å². The fourth-order valence-corrected chi connectivity index (χ4v) is 1.06. The summed E-state index contributed by atoms with van der Waals surface area (Å²) < 4.78 is 5.34. The molecule has 1 aromatic rings. The van der Waals surface area contributed by atoms with Crippen molar-refractivity contribution in [3.8, 4) is 5.75 Å². The van der Waals surface area contributed by atoms with E-state index in [9.17, 15) is 0 Å².